The lowest BCUT2D eigenvalue weighted by molar-refractivity contribution is 0.180. The zero-order valence-corrected chi connectivity index (χ0v) is 10.9. The lowest BCUT2D eigenvalue weighted by atomic mass is 10.1. The number of carbonyl (C=O) groups excluding carboxylic acids is 1. The van der Waals surface area contributed by atoms with Gasteiger partial charge in [0.15, 0.2) is 0 Å². The second-order valence-electron chi connectivity index (χ2n) is 5.48. The van der Waals surface area contributed by atoms with E-state index in [-0.39, 0.29) is 6.03 Å². The van der Waals surface area contributed by atoms with Crippen molar-refractivity contribution in [2.75, 3.05) is 19.6 Å². The first-order valence-electron chi connectivity index (χ1n) is 6.56. The number of hydrogen-bond donors (Lipinski definition) is 0. The van der Waals surface area contributed by atoms with E-state index in [1.807, 2.05) is 4.90 Å². The Morgan fingerprint density at radius 1 is 1.39 bits per heavy atom. The van der Waals surface area contributed by atoms with Gasteiger partial charge in [0, 0.05) is 25.7 Å². The number of amides is 1. The van der Waals surface area contributed by atoms with Crippen LogP contribution in [-0.2, 0) is 0 Å². The summed E-state index contributed by atoms with van der Waals surface area (Å²) in [6.45, 7) is 7.38. The van der Waals surface area contributed by atoms with E-state index in [1.165, 1.54) is 17.3 Å². The van der Waals surface area contributed by atoms with E-state index < -0.39 is 0 Å². The molecular weight excluding hydrogens is 230 g/mol. The van der Waals surface area contributed by atoms with Gasteiger partial charge in [-0.2, -0.15) is 9.78 Å². The molecule has 0 radical (unpaired) electrons. The maximum atomic E-state index is 12.3. The summed E-state index contributed by atoms with van der Waals surface area (Å²) >= 11 is 0. The van der Waals surface area contributed by atoms with Gasteiger partial charge in [0.1, 0.15) is 12.7 Å². The number of nitrogens with zero attached hydrogens (tertiary/aromatic N) is 5. The summed E-state index contributed by atoms with van der Waals surface area (Å²) in [4.78, 5) is 20.5. The molecule has 3 heterocycles. The van der Waals surface area contributed by atoms with Crippen LogP contribution in [0.5, 0.6) is 0 Å². The highest BCUT2D eigenvalue weighted by atomic mass is 16.2. The highest BCUT2D eigenvalue weighted by molar-refractivity contribution is 5.76. The molecule has 2 atom stereocenters. The molecule has 98 valence electrons. The third-order valence-electron chi connectivity index (χ3n) is 4.17. The molecule has 0 aromatic carbocycles. The molecule has 6 nitrogen and oxygen atoms in total. The molecule has 2 unspecified atom stereocenters. The number of likely N-dealkylation sites (tertiary alicyclic amines) is 2. The fraction of sp³-hybridized carbons (Fsp3) is 0.750. The molecule has 1 aromatic heterocycles. The number of hydrogen-bond acceptors (Lipinski definition) is 4. The first-order valence-corrected chi connectivity index (χ1v) is 6.56. The molecule has 0 saturated carbocycles. The van der Waals surface area contributed by atoms with Gasteiger partial charge in [-0.05, 0) is 26.2 Å². The lowest BCUT2D eigenvalue weighted by Gasteiger charge is -2.25. The van der Waals surface area contributed by atoms with Crippen molar-refractivity contribution in [2.45, 2.75) is 32.4 Å². The summed E-state index contributed by atoms with van der Waals surface area (Å²) < 4.78 is 1.33. The van der Waals surface area contributed by atoms with E-state index in [0.29, 0.717) is 18.0 Å². The van der Waals surface area contributed by atoms with Crippen LogP contribution in [0, 0.1) is 5.92 Å². The second-order valence-corrected chi connectivity index (χ2v) is 5.48. The minimum absolute atomic E-state index is 0.0365. The molecular formula is C12H19N5O. The van der Waals surface area contributed by atoms with E-state index >= 15 is 0 Å². The molecule has 3 rings (SSSR count). The predicted molar refractivity (Wildman–Crippen MR) is 66.1 cm³/mol. The third kappa shape index (κ3) is 1.80. The molecule has 0 aliphatic carbocycles. The van der Waals surface area contributed by atoms with Crippen LogP contribution in [0.2, 0.25) is 0 Å². The highest BCUT2D eigenvalue weighted by Gasteiger charge is 2.44. The first kappa shape index (κ1) is 11.6. The smallest absolute Gasteiger partial charge is 0.318 e. The molecule has 2 saturated heterocycles. The third-order valence-corrected chi connectivity index (χ3v) is 4.17. The van der Waals surface area contributed by atoms with E-state index in [4.69, 9.17) is 0 Å². The largest absolute Gasteiger partial charge is 0.346 e. The number of fused-ring (bicyclic) bond motifs is 1. The first-order chi connectivity index (χ1) is 8.66. The SMILES string of the molecule is CC(C)N1CC2CCN(C(=O)n3cncn3)C2C1. The minimum atomic E-state index is -0.0365. The summed E-state index contributed by atoms with van der Waals surface area (Å²) in [6, 6.07) is 0.869. The standard InChI is InChI=1S/C12H19N5O/c1-9(2)15-5-10-3-4-16(11(10)6-15)12(18)17-8-13-7-14-17/h7-11H,3-6H2,1-2H3. The van der Waals surface area contributed by atoms with Gasteiger partial charge in [-0.25, -0.2) is 9.78 Å². The monoisotopic (exact) mass is 249 g/mol. The van der Waals surface area contributed by atoms with Crippen molar-refractivity contribution in [3.8, 4) is 0 Å². The molecule has 2 fully saturated rings. The number of carbonyl (C=O) groups is 1. The van der Waals surface area contributed by atoms with Crippen molar-refractivity contribution >= 4 is 6.03 Å². The van der Waals surface area contributed by atoms with Gasteiger partial charge in [-0.3, -0.25) is 4.90 Å². The van der Waals surface area contributed by atoms with Gasteiger partial charge in [-0.15, -0.1) is 0 Å². The Morgan fingerprint density at radius 2 is 2.22 bits per heavy atom. The van der Waals surface area contributed by atoms with Gasteiger partial charge >= 0.3 is 6.03 Å². The Hall–Kier alpha value is -1.43. The Balaban J connectivity index is 1.74. The van der Waals surface area contributed by atoms with Crippen molar-refractivity contribution in [1.29, 1.82) is 0 Å². The molecule has 0 spiro atoms. The van der Waals surface area contributed by atoms with Gasteiger partial charge in [0.2, 0.25) is 0 Å². The Morgan fingerprint density at radius 3 is 2.89 bits per heavy atom. The molecule has 2 aliphatic rings. The van der Waals surface area contributed by atoms with Crippen LogP contribution in [0.4, 0.5) is 4.79 Å². The van der Waals surface area contributed by atoms with E-state index in [2.05, 4.69) is 28.8 Å². The van der Waals surface area contributed by atoms with Crippen molar-refractivity contribution in [3.63, 3.8) is 0 Å². The molecule has 1 aromatic rings. The van der Waals surface area contributed by atoms with Crippen molar-refractivity contribution in [2.24, 2.45) is 5.92 Å². The van der Waals surface area contributed by atoms with E-state index in [0.717, 1.165) is 26.1 Å². The highest BCUT2D eigenvalue weighted by Crippen LogP contribution is 2.32. The predicted octanol–water partition coefficient (Wildman–Crippen LogP) is 0.661. The topological polar surface area (TPSA) is 54.3 Å². The van der Waals surface area contributed by atoms with Crippen LogP contribution in [0.3, 0.4) is 0 Å². The minimum Gasteiger partial charge on any atom is -0.318 e. The van der Waals surface area contributed by atoms with Gasteiger partial charge in [-0.1, -0.05) is 0 Å². The van der Waals surface area contributed by atoms with Gasteiger partial charge < -0.3 is 4.90 Å². The Bertz CT molecular complexity index is 430. The average Bonchev–Trinajstić information content (AvgIpc) is 3.04. The molecule has 6 heteroatoms. The second kappa shape index (κ2) is 4.35. The quantitative estimate of drug-likeness (QED) is 0.733. The molecule has 0 N–H and O–H groups in total. The van der Waals surface area contributed by atoms with Crippen LogP contribution >= 0.6 is 0 Å². The van der Waals surface area contributed by atoms with Gasteiger partial charge in [0.25, 0.3) is 0 Å². The van der Waals surface area contributed by atoms with Crippen LogP contribution in [0.1, 0.15) is 20.3 Å². The van der Waals surface area contributed by atoms with Crippen LogP contribution in [-0.4, -0.2) is 62.3 Å². The summed E-state index contributed by atoms with van der Waals surface area (Å²) in [7, 11) is 0. The number of aromatic nitrogens is 3. The Kier molecular flexibility index (Phi) is 2.81. The van der Waals surface area contributed by atoms with Crippen LogP contribution in [0.25, 0.3) is 0 Å². The van der Waals surface area contributed by atoms with E-state index in [9.17, 15) is 4.79 Å². The summed E-state index contributed by atoms with van der Waals surface area (Å²) in [6.07, 6.45) is 3.99. The van der Waals surface area contributed by atoms with Crippen LogP contribution < -0.4 is 0 Å². The maximum absolute atomic E-state index is 12.3. The van der Waals surface area contributed by atoms with Crippen molar-refractivity contribution < 1.29 is 4.79 Å². The fourth-order valence-electron chi connectivity index (χ4n) is 3.09. The zero-order chi connectivity index (χ0) is 12.7. The molecule has 18 heavy (non-hydrogen) atoms. The molecule has 2 aliphatic heterocycles. The molecule has 1 amide bonds. The Labute approximate surface area is 107 Å². The molecule has 0 bridgehead atoms. The summed E-state index contributed by atoms with van der Waals surface area (Å²) in [5.74, 6) is 0.625. The number of rotatable bonds is 1. The van der Waals surface area contributed by atoms with Gasteiger partial charge in [0.05, 0.1) is 6.04 Å². The van der Waals surface area contributed by atoms with Crippen LogP contribution in [0.15, 0.2) is 12.7 Å². The zero-order valence-electron chi connectivity index (χ0n) is 10.9. The summed E-state index contributed by atoms with van der Waals surface area (Å²) in [5, 5.41) is 3.93. The lowest BCUT2D eigenvalue weighted by Crippen LogP contribution is -2.42. The van der Waals surface area contributed by atoms with Crippen molar-refractivity contribution in [3.05, 3.63) is 12.7 Å². The normalized spacial score (nSPS) is 28.1. The van der Waals surface area contributed by atoms with Crippen molar-refractivity contribution in [1.82, 2.24) is 24.6 Å². The maximum Gasteiger partial charge on any atom is 0.346 e. The van der Waals surface area contributed by atoms with E-state index in [1.54, 1.807) is 0 Å². The fourth-order valence-corrected chi connectivity index (χ4v) is 3.09. The average molecular weight is 249 g/mol. The summed E-state index contributed by atoms with van der Waals surface area (Å²) in [5.41, 5.74) is 0.